The predicted octanol–water partition coefficient (Wildman–Crippen LogP) is 0.953. The second kappa shape index (κ2) is 3.85. The minimum Gasteiger partial charge on any atom is -0.319 e. The Morgan fingerprint density at radius 3 is 3.00 bits per heavy atom. The lowest BCUT2D eigenvalue weighted by atomic mass is 10.3. The highest BCUT2D eigenvalue weighted by atomic mass is 35.5. The van der Waals surface area contributed by atoms with E-state index in [1.54, 1.807) is 0 Å². The molecule has 10 heavy (non-hydrogen) atoms. The SMILES string of the molecule is CNCCc1nnsc1Cl. The normalized spacial score (nSPS) is 10.2. The van der Waals surface area contributed by atoms with E-state index < -0.39 is 0 Å². The Morgan fingerprint density at radius 1 is 1.70 bits per heavy atom. The van der Waals surface area contributed by atoms with Crippen molar-refractivity contribution in [2.24, 2.45) is 0 Å². The number of halogens is 1. The Balaban J connectivity index is 2.49. The zero-order valence-corrected chi connectivity index (χ0v) is 7.17. The van der Waals surface area contributed by atoms with E-state index in [9.17, 15) is 0 Å². The number of likely N-dealkylation sites (N-methyl/N-ethyl adjacent to an activating group) is 1. The molecular formula is C5H8ClN3S. The van der Waals surface area contributed by atoms with Crippen LogP contribution in [0.1, 0.15) is 5.69 Å². The van der Waals surface area contributed by atoms with Gasteiger partial charge in [-0.15, -0.1) is 5.10 Å². The fourth-order valence-electron chi connectivity index (χ4n) is 0.589. The van der Waals surface area contributed by atoms with Crippen molar-refractivity contribution in [2.75, 3.05) is 13.6 Å². The second-order valence-corrected chi connectivity index (χ2v) is 3.20. The van der Waals surface area contributed by atoms with Gasteiger partial charge in [0.25, 0.3) is 0 Å². The lowest BCUT2D eigenvalue weighted by molar-refractivity contribution is 0.773. The second-order valence-electron chi connectivity index (χ2n) is 1.85. The van der Waals surface area contributed by atoms with Gasteiger partial charge in [0, 0.05) is 24.5 Å². The Labute approximate surface area is 68.6 Å². The Morgan fingerprint density at radius 2 is 2.50 bits per heavy atom. The van der Waals surface area contributed by atoms with Crippen molar-refractivity contribution in [1.82, 2.24) is 14.9 Å². The van der Waals surface area contributed by atoms with Crippen molar-refractivity contribution in [3.63, 3.8) is 0 Å². The quantitative estimate of drug-likeness (QED) is 0.748. The van der Waals surface area contributed by atoms with Crippen LogP contribution in [0.15, 0.2) is 0 Å². The van der Waals surface area contributed by atoms with Gasteiger partial charge in [0.2, 0.25) is 0 Å². The lowest BCUT2D eigenvalue weighted by Gasteiger charge is -1.93. The molecule has 0 aliphatic carbocycles. The average Bonchev–Trinajstić information content (AvgIpc) is 2.31. The zero-order valence-electron chi connectivity index (χ0n) is 5.59. The van der Waals surface area contributed by atoms with Gasteiger partial charge in [-0.05, 0) is 7.05 Å². The predicted molar refractivity (Wildman–Crippen MR) is 42.5 cm³/mol. The van der Waals surface area contributed by atoms with Gasteiger partial charge in [-0.1, -0.05) is 16.1 Å². The summed E-state index contributed by atoms with van der Waals surface area (Å²) in [5.41, 5.74) is 0.890. The van der Waals surface area contributed by atoms with E-state index >= 15 is 0 Å². The van der Waals surface area contributed by atoms with Crippen LogP contribution in [0.3, 0.4) is 0 Å². The van der Waals surface area contributed by atoms with E-state index in [1.165, 1.54) is 11.5 Å². The third-order valence-electron chi connectivity index (χ3n) is 1.12. The number of hydrogen-bond donors (Lipinski definition) is 1. The van der Waals surface area contributed by atoms with Crippen LogP contribution in [0.2, 0.25) is 4.34 Å². The molecule has 0 aromatic carbocycles. The van der Waals surface area contributed by atoms with Crippen molar-refractivity contribution in [3.8, 4) is 0 Å². The Bertz CT molecular complexity index is 201. The van der Waals surface area contributed by atoms with Gasteiger partial charge in [-0.3, -0.25) is 0 Å². The van der Waals surface area contributed by atoms with Crippen molar-refractivity contribution < 1.29 is 0 Å². The average molecular weight is 178 g/mol. The molecule has 0 atom stereocenters. The molecule has 3 nitrogen and oxygen atoms in total. The molecule has 0 spiro atoms. The van der Waals surface area contributed by atoms with E-state index in [2.05, 4.69) is 14.9 Å². The van der Waals surface area contributed by atoms with Crippen LogP contribution in [0.4, 0.5) is 0 Å². The van der Waals surface area contributed by atoms with E-state index in [-0.39, 0.29) is 0 Å². The molecule has 5 heteroatoms. The minimum absolute atomic E-state index is 0.704. The van der Waals surface area contributed by atoms with Crippen molar-refractivity contribution in [3.05, 3.63) is 10.0 Å². The maximum Gasteiger partial charge on any atom is 0.137 e. The van der Waals surface area contributed by atoms with Crippen LogP contribution in [-0.4, -0.2) is 23.2 Å². The molecule has 0 unspecified atom stereocenters. The Hall–Kier alpha value is -0.190. The molecule has 0 saturated carbocycles. The number of rotatable bonds is 3. The summed E-state index contributed by atoms with van der Waals surface area (Å²) in [6.45, 7) is 0.894. The van der Waals surface area contributed by atoms with Gasteiger partial charge in [-0.2, -0.15) is 0 Å². The summed E-state index contributed by atoms with van der Waals surface area (Å²) in [4.78, 5) is 0. The van der Waals surface area contributed by atoms with Crippen LogP contribution in [0.25, 0.3) is 0 Å². The first-order valence-electron chi connectivity index (χ1n) is 2.96. The Kier molecular flexibility index (Phi) is 3.05. The zero-order chi connectivity index (χ0) is 7.40. The molecule has 0 radical (unpaired) electrons. The standard InChI is InChI=1S/C5H8ClN3S/c1-7-3-2-4-5(6)10-9-8-4/h7H,2-3H2,1H3. The first-order chi connectivity index (χ1) is 4.84. The highest BCUT2D eigenvalue weighted by Crippen LogP contribution is 2.16. The van der Waals surface area contributed by atoms with E-state index in [1.807, 2.05) is 7.05 Å². The third-order valence-corrected chi connectivity index (χ3v) is 2.11. The molecular weight excluding hydrogens is 170 g/mol. The molecule has 56 valence electrons. The van der Waals surface area contributed by atoms with E-state index in [4.69, 9.17) is 11.6 Å². The van der Waals surface area contributed by atoms with Crippen molar-refractivity contribution in [2.45, 2.75) is 6.42 Å². The van der Waals surface area contributed by atoms with E-state index in [0.717, 1.165) is 18.7 Å². The van der Waals surface area contributed by atoms with Crippen LogP contribution >= 0.6 is 23.1 Å². The summed E-state index contributed by atoms with van der Waals surface area (Å²) in [7, 11) is 1.90. The molecule has 0 bridgehead atoms. The molecule has 1 aromatic heterocycles. The van der Waals surface area contributed by atoms with Gasteiger partial charge in [0.05, 0.1) is 5.69 Å². The molecule has 1 rings (SSSR count). The maximum atomic E-state index is 5.74. The first kappa shape index (κ1) is 7.91. The molecule has 1 aromatic rings. The molecule has 0 saturated heterocycles. The van der Waals surface area contributed by atoms with Crippen LogP contribution in [-0.2, 0) is 6.42 Å². The first-order valence-corrected chi connectivity index (χ1v) is 4.11. The summed E-state index contributed by atoms with van der Waals surface area (Å²) in [6.07, 6.45) is 0.853. The molecule has 0 aliphatic heterocycles. The molecule has 0 amide bonds. The van der Waals surface area contributed by atoms with Gasteiger partial charge in [-0.25, -0.2) is 0 Å². The summed E-state index contributed by atoms with van der Waals surface area (Å²) in [5, 5.41) is 6.86. The number of nitrogens with one attached hydrogen (secondary N) is 1. The van der Waals surface area contributed by atoms with Crippen LogP contribution in [0.5, 0.6) is 0 Å². The van der Waals surface area contributed by atoms with Crippen molar-refractivity contribution >= 4 is 23.1 Å². The summed E-state index contributed by atoms with van der Waals surface area (Å²) in [5.74, 6) is 0. The van der Waals surface area contributed by atoms with Gasteiger partial charge < -0.3 is 5.32 Å². The van der Waals surface area contributed by atoms with Gasteiger partial charge in [0.1, 0.15) is 4.34 Å². The number of aromatic nitrogens is 2. The monoisotopic (exact) mass is 177 g/mol. The van der Waals surface area contributed by atoms with E-state index in [0.29, 0.717) is 4.34 Å². The highest BCUT2D eigenvalue weighted by molar-refractivity contribution is 7.10. The minimum atomic E-state index is 0.704. The van der Waals surface area contributed by atoms with Gasteiger partial charge >= 0.3 is 0 Å². The smallest absolute Gasteiger partial charge is 0.137 e. The van der Waals surface area contributed by atoms with Crippen LogP contribution < -0.4 is 5.32 Å². The highest BCUT2D eigenvalue weighted by Gasteiger charge is 2.02. The largest absolute Gasteiger partial charge is 0.319 e. The number of hydrogen-bond acceptors (Lipinski definition) is 4. The molecule has 0 fully saturated rings. The summed E-state index contributed by atoms with van der Waals surface area (Å²) < 4.78 is 4.41. The maximum absolute atomic E-state index is 5.74. The summed E-state index contributed by atoms with van der Waals surface area (Å²) >= 11 is 6.97. The fourth-order valence-corrected chi connectivity index (χ4v) is 1.27. The topological polar surface area (TPSA) is 37.8 Å². The lowest BCUT2D eigenvalue weighted by Crippen LogP contribution is -2.10. The summed E-state index contributed by atoms with van der Waals surface area (Å²) in [6, 6.07) is 0. The molecule has 0 aliphatic rings. The molecule has 1 heterocycles. The van der Waals surface area contributed by atoms with Gasteiger partial charge in [0.15, 0.2) is 0 Å². The third kappa shape index (κ3) is 1.90. The van der Waals surface area contributed by atoms with Crippen molar-refractivity contribution in [1.29, 1.82) is 0 Å². The molecule has 1 N–H and O–H groups in total. The number of nitrogens with zero attached hydrogens (tertiary/aromatic N) is 2. The fraction of sp³-hybridized carbons (Fsp3) is 0.600. The van der Waals surface area contributed by atoms with Crippen LogP contribution in [0, 0.1) is 0 Å².